The molecule has 0 aliphatic carbocycles. The number of benzene rings is 2. The maximum atomic E-state index is 12.8. The lowest BCUT2D eigenvalue weighted by Crippen LogP contribution is -2.36. The molecule has 186 valence electrons. The molecule has 1 aromatic heterocycles. The van der Waals surface area contributed by atoms with Crippen LogP contribution in [0.3, 0.4) is 0 Å². The maximum Gasteiger partial charge on any atom is 0.257 e. The Morgan fingerprint density at radius 2 is 1.97 bits per heavy atom. The van der Waals surface area contributed by atoms with Crippen LogP contribution < -0.4 is 14.8 Å². The van der Waals surface area contributed by atoms with E-state index in [1.54, 1.807) is 48.7 Å². The molecule has 0 bridgehead atoms. The van der Waals surface area contributed by atoms with Crippen molar-refractivity contribution in [2.45, 2.75) is 26.3 Å². The molecule has 9 heteroatoms. The zero-order valence-electron chi connectivity index (χ0n) is 20.1. The van der Waals surface area contributed by atoms with Crippen molar-refractivity contribution < 1.29 is 23.5 Å². The molecule has 36 heavy (non-hydrogen) atoms. The van der Waals surface area contributed by atoms with E-state index in [9.17, 15) is 14.0 Å². The van der Waals surface area contributed by atoms with Crippen molar-refractivity contribution in [3.63, 3.8) is 0 Å². The number of aromatic nitrogens is 1. The van der Waals surface area contributed by atoms with Crippen LogP contribution in [0.15, 0.2) is 72.1 Å². The molecular formula is C27H27FN4O4. The first-order valence-electron chi connectivity index (χ1n) is 11.6. The Labute approximate surface area is 208 Å². The largest absolute Gasteiger partial charge is 0.493 e. The molecule has 2 amide bonds. The van der Waals surface area contributed by atoms with E-state index in [2.05, 4.69) is 10.3 Å². The van der Waals surface area contributed by atoms with Crippen LogP contribution in [0.5, 0.6) is 11.5 Å². The lowest BCUT2D eigenvalue weighted by molar-refractivity contribution is -0.133. The van der Waals surface area contributed by atoms with Crippen LogP contribution in [0, 0.1) is 5.92 Å². The molecule has 2 aromatic carbocycles. The van der Waals surface area contributed by atoms with E-state index < -0.39 is 6.86 Å². The Bertz CT molecular complexity index is 1250. The van der Waals surface area contributed by atoms with E-state index in [1.807, 2.05) is 19.1 Å². The highest BCUT2D eigenvalue weighted by Gasteiger charge is 2.29. The third-order valence-corrected chi connectivity index (χ3v) is 5.95. The molecule has 1 aliphatic rings. The van der Waals surface area contributed by atoms with Gasteiger partial charge in [-0.1, -0.05) is 19.1 Å². The summed E-state index contributed by atoms with van der Waals surface area (Å²) in [5.74, 6) is 0.340. The van der Waals surface area contributed by atoms with Crippen LogP contribution in [0.4, 0.5) is 10.1 Å². The van der Waals surface area contributed by atoms with Gasteiger partial charge in [-0.15, -0.1) is 0 Å². The summed E-state index contributed by atoms with van der Waals surface area (Å²) in [5, 5.41) is 8.99. The molecule has 0 fully saturated rings. The number of alkyl halides is 1. The van der Waals surface area contributed by atoms with Crippen molar-refractivity contribution in [2.24, 2.45) is 11.0 Å². The first-order valence-corrected chi connectivity index (χ1v) is 11.6. The van der Waals surface area contributed by atoms with Crippen molar-refractivity contribution >= 4 is 23.2 Å². The average molecular weight is 491 g/mol. The fourth-order valence-electron chi connectivity index (χ4n) is 4.01. The van der Waals surface area contributed by atoms with Crippen LogP contribution in [0.25, 0.3) is 0 Å². The summed E-state index contributed by atoms with van der Waals surface area (Å²) < 4.78 is 23.0. The second-order valence-corrected chi connectivity index (χ2v) is 8.26. The standard InChI is InChI=1S/C27H27FN4O4/c1-3-19-14-25(33)32(31-26(19)20-8-11-23(36-17-28)24(13-20)35-2)16-18-6-9-22(10-7-18)30-27(34)21-5-4-12-29-15-21/h4-13,15,19H,3,14,16-17H2,1-2H3,(H,30,34). The van der Waals surface area contributed by atoms with Crippen molar-refractivity contribution in [3.05, 3.63) is 83.7 Å². The molecule has 0 saturated carbocycles. The molecule has 2 heterocycles. The average Bonchev–Trinajstić information content (AvgIpc) is 2.91. The third kappa shape index (κ3) is 5.68. The highest BCUT2D eigenvalue weighted by Crippen LogP contribution is 2.32. The molecule has 1 aliphatic heterocycles. The Balaban J connectivity index is 1.52. The van der Waals surface area contributed by atoms with Gasteiger partial charge in [-0.2, -0.15) is 5.10 Å². The number of hydrogen-bond donors (Lipinski definition) is 1. The van der Waals surface area contributed by atoms with Crippen molar-refractivity contribution in [1.82, 2.24) is 9.99 Å². The predicted molar refractivity (Wildman–Crippen MR) is 134 cm³/mol. The molecule has 4 rings (SSSR count). The minimum atomic E-state index is -0.956. The summed E-state index contributed by atoms with van der Waals surface area (Å²) in [7, 11) is 1.49. The van der Waals surface area contributed by atoms with Gasteiger partial charge in [0.15, 0.2) is 11.5 Å². The van der Waals surface area contributed by atoms with Gasteiger partial charge >= 0.3 is 0 Å². The van der Waals surface area contributed by atoms with E-state index in [0.29, 0.717) is 29.2 Å². The van der Waals surface area contributed by atoms with Gasteiger partial charge in [-0.25, -0.2) is 9.40 Å². The number of ether oxygens (including phenoxy) is 2. The van der Waals surface area contributed by atoms with E-state index in [0.717, 1.165) is 23.3 Å². The van der Waals surface area contributed by atoms with E-state index in [1.165, 1.54) is 18.3 Å². The highest BCUT2D eigenvalue weighted by molar-refractivity contribution is 6.06. The summed E-state index contributed by atoms with van der Waals surface area (Å²) in [6.07, 6.45) is 4.19. The number of anilines is 1. The number of hydrogen-bond acceptors (Lipinski definition) is 6. The molecule has 0 saturated heterocycles. The zero-order chi connectivity index (χ0) is 25.5. The second-order valence-electron chi connectivity index (χ2n) is 8.26. The number of hydrazone groups is 1. The SMILES string of the molecule is CCC1CC(=O)N(Cc2ccc(NC(=O)c3cccnc3)cc2)N=C1c1ccc(OCF)c(OC)c1. The number of carbonyl (C=O) groups excluding carboxylic acids is 2. The minimum absolute atomic E-state index is 0.0449. The Hall–Kier alpha value is -4.27. The smallest absolute Gasteiger partial charge is 0.257 e. The van der Waals surface area contributed by atoms with Gasteiger partial charge in [-0.3, -0.25) is 14.6 Å². The zero-order valence-corrected chi connectivity index (χ0v) is 20.1. The predicted octanol–water partition coefficient (Wildman–Crippen LogP) is 4.81. The lowest BCUT2D eigenvalue weighted by Gasteiger charge is -2.29. The van der Waals surface area contributed by atoms with E-state index >= 15 is 0 Å². The number of methoxy groups -OCH3 is 1. The number of nitrogens with one attached hydrogen (secondary N) is 1. The molecule has 1 N–H and O–H groups in total. The molecule has 1 unspecified atom stereocenters. The number of pyridine rings is 1. The fourth-order valence-corrected chi connectivity index (χ4v) is 4.01. The van der Waals surface area contributed by atoms with Gasteiger partial charge in [0.25, 0.3) is 5.91 Å². The van der Waals surface area contributed by atoms with Crippen LogP contribution in [0.2, 0.25) is 0 Å². The van der Waals surface area contributed by atoms with E-state index in [-0.39, 0.29) is 24.3 Å². The Morgan fingerprint density at radius 3 is 2.64 bits per heavy atom. The minimum Gasteiger partial charge on any atom is -0.493 e. The molecule has 8 nitrogen and oxygen atoms in total. The van der Waals surface area contributed by atoms with Gasteiger partial charge in [0.1, 0.15) is 0 Å². The molecule has 3 aromatic rings. The molecule has 1 atom stereocenters. The monoisotopic (exact) mass is 490 g/mol. The fraction of sp³-hybridized carbons (Fsp3) is 0.259. The van der Waals surface area contributed by atoms with Crippen molar-refractivity contribution in [3.8, 4) is 11.5 Å². The van der Waals surface area contributed by atoms with E-state index in [4.69, 9.17) is 14.6 Å². The Kier molecular flexibility index (Phi) is 7.89. The highest BCUT2D eigenvalue weighted by atomic mass is 19.1. The van der Waals surface area contributed by atoms with Crippen molar-refractivity contribution in [2.75, 3.05) is 19.3 Å². The number of rotatable bonds is 9. The first kappa shape index (κ1) is 24.8. The summed E-state index contributed by atoms with van der Waals surface area (Å²) >= 11 is 0. The quantitative estimate of drug-likeness (QED) is 0.465. The number of nitrogens with zero attached hydrogens (tertiary/aromatic N) is 3. The van der Waals surface area contributed by atoms with Gasteiger partial charge < -0.3 is 14.8 Å². The van der Waals surface area contributed by atoms with Crippen LogP contribution in [-0.2, 0) is 11.3 Å². The summed E-state index contributed by atoms with van der Waals surface area (Å²) in [5.41, 5.74) is 3.52. The normalized spacial score (nSPS) is 15.3. The molecule has 0 radical (unpaired) electrons. The summed E-state index contributed by atoms with van der Waals surface area (Å²) in [6, 6.07) is 15.8. The van der Waals surface area contributed by atoms with Gasteiger partial charge in [0, 0.05) is 36.0 Å². The van der Waals surface area contributed by atoms with Gasteiger partial charge in [-0.05, 0) is 54.4 Å². The summed E-state index contributed by atoms with van der Waals surface area (Å²) in [4.78, 5) is 29.1. The number of carbonyl (C=O) groups is 2. The number of halogens is 1. The molecule has 0 spiro atoms. The Morgan fingerprint density at radius 1 is 1.17 bits per heavy atom. The second kappa shape index (κ2) is 11.4. The van der Waals surface area contributed by atoms with Crippen LogP contribution in [-0.4, -0.2) is 41.5 Å². The third-order valence-electron chi connectivity index (χ3n) is 5.95. The van der Waals surface area contributed by atoms with Gasteiger partial charge in [0.2, 0.25) is 12.8 Å². The first-order chi connectivity index (χ1) is 17.5. The maximum absolute atomic E-state index is 12.8. The van der Waals surface area contributed by atoms with Crippen LogP contribution >= 0.6 is 0 Å². The molecular weight excluding hydrogens is 463 g/mol. The number of amides is 2. The summed E-state index contributed by atoms with van der Waals surface area (Å²) in [6.45, 7) is 1.34. The lowest BCUT2D eigenvalue weighted by atomic mass is 9.89. The van der Waals surface area contributed by atoms with Crippen molar-refractivity contribution in [1.29, 1.82) is 0 Å². The topological polar surface area (TPSA) is 93.1 Å². The van der Waals surface area contributed by atoms with Gasteiger partial charge in [0.05, 0.1) is 24.9 Å². The van der Waals surface area contributed by atoms with Crippen LogP contribution in [0.1, 0.15) is 41.3 Å².